The van der Waals surface area contributed by atoms with Crippen LogP contribution in [0.15, 0.2) is 18.5 Å². The maximum absolute atomic E-state index is 11.4. The lowest BCUT2D eigenvalue weighted by atomic mass is 10.2. The summed E-state index contributed by atoms with van der Waals surface area (Å²) in [5.74, 6) is -1.03. The highest BCUT2D eigenvalue weighted by molar-refractivity contribution is 5.93. The Morgan fingerprint density at radius 1 is 1.33 bits per heavy atom. The number of nitrogens with zero attached hydrogens (tertiary/aromatic N) is 1. The molecule has 0 saturated heterocycles. The van der Waals surface area contributed by atoms with Gasteiger partial charge in [-0.2, -0.15) is 0 Å². The van der Waals surface area contributed by atoms with Crippen LogP contribution in [0.3, 0.4) is 0 Å². The molecule has 1 aromatic rings. The largest absolute Gasteiger partial charge is 0.478 e. The van der Waals surface area contributed by atoms with Gasteiger partial charge in [0, 0.05) is 25.5 Å². The number of aromatic nitrogens is 1. The highest BCUT2D eigenvalue weighted by Gasteiger charge is 2.15. The van der Waals surface area contributed by atoms with Gasteiger partial charge in [0.25, 0.3) is 0 Å². The highest BCUT2D eigenvalue weighted by atomic mass is 16.6. The van der Waals surface area contributed by atoms with E-state index in [4.69, 9.17) is 9.84 Å². The molecule has 0 fully saturated rings. The van der Waals surface area contributed by atoms with Crippen LogP contribution in [-0.4, -0.2) is 40.8 Å². The topological polar surface area (TPSA) is 101 Å². The van der Waals surface area contributed by atoms with E-state index in [0.717, 1.165) is 0 Å². The zero-order valence-corrected chi connectivity index (χ0v) is 12.5. The van der Waals surface area contributed by atoms with Crippen LogP contribution in [0.25, 0.3) is 0 Å². The Labute approximate surface area is 123 Å². The fourth-order valence-electron chi connectivity index (χ4n) is 1.54. The monoisotopic (exact) mass is 295 g/mol. The van der Waals surface area contributed by atoms with E-state index in [0.29, 0.717) is 25.2 Å². The quantitative estimate of drug-likeness (QED) is 0.695. The molecule has 1 amide bonds. The lowest BCUT2D eigenvalue weighted by Crippen LogP contribution is -2.33. The fraction of sp³-hybridized carbons (Fsp3) is 0.500. The molecule has 0 aliphatic heterocycles. The van der Waals surface area contributed by atoms with Crippen molar-refractivity contribution in [1.82, 2.24) is 10.3 Å². The number of amides is 1. The maximum atomic E-state index is 11.4. The van der Waals surface area contributed by atoms with Gasteiger partial charge in [0.15, 0.2) is 0 Å². The number of ether oxygens (including phenoxy) is 1. The number of alkyl carbamates (subject to hydrolysis) is 1. The second-order valence-corrected chi connectivity index (χ2v) is 5.44. The highest BCUT2D eigenvalue weighted by Crippen LogP contribution is 2.13. The first-order valence-electron chi connectivity index (χ1n) is 6.67. The Kier molecular flexibility index (Phi) is 5.95. The number of carboxylic acids is 1. The van der Waals surface area contributed by atoms with E-state index >= 15 is 0 Å². The van der Waals surface area contributed by atoms with Gasteiger partial charge in [-0.05, 0) is 33.3 Å². The van der Waals surface area contributed by atoms with E-state index in [1.54, 1.807) is 26.8 Å². The first kappa shape index (κ1) is 16.7. The van der Waals surface area contributed by atoms with Gasteiger partial charge in [-0.15, -0.1) is 0 Å². The second-order valence-electron chi connectivity index (χ2n) is 5.44. The molecule has 0 saturated carbocycles. The number of nitrogens with one attached hydrogen (secondary N) is 2. The smallest absolute Gasteiger partial charge is 0.407 e. The Morgan fingerprint density at radius 2 is 2.05 bits per heavy atom. The number of anilines is 1. The Balaban J connectivity index is 2.29. The van der Waals surface area contributed by atoms with E-state index in [9.17, 15) is 9.59 Å². The lowest BCUT2D eigenvalue weighted by Gasteiger charge is -2.19. The molecule has 0 unspecified atom stereocenters. The van der Waals surface area contributed by atoms with Gasteiger partial charge in [0.1, 0.15) is 11.2 Å². The van der Waals surface area contributed by atoms with Crippen LogP contribution in [-0.2, 0) is 4.74 Å². The van der Waals surface area contributed by atoms with Crippen molar-refractivity contribution in [2.75, 3.05) is 18.4 Å². The van der Waals surface area contributed by atoms with Crippen molar-refractivity contribution >= 4 is 17.7 Å². The van der Waals surface area contributed by atoms with Crippen molar-refractivity contribution in [2.45, 2.75) is 32.8 Å². The summed E-state index contributed by atoms with van der Waals surface area (Å²) in [4.78, 5) is 26.1. The SMILES string of the molecule is CC(C)(C)OC(=O)NCCCNc1ccncc1C(=O)O. The van der Waals surface area contributed by atoms with Crippen molar-refractivity contribution in [2.24, 2.45) is 0 Å². The van der Waals surface area contributed by atoms with Crippen LogP contribution < -0.4 is 10.6 Å². The molecule has 1 aromatic heterocycles. The van der Waals surface area contributed by atoms with Gasteiger partial charge < -0.3 is 20.5 Å². The van der Waals surface area contributed by atoms with Gasteiger partial charge >= 0.3 is 12.1 Å². The Bertz CT molecular complexity index is 497. The lowest BCUT2D eigenvalue weighted by molar-refractivity contribution is 0.0527. The summed E-state index contributed by atoms with van der Waals surface area (Å²) < 4.78 is 5.10. The van der Waals surface area contributed by atoms with Crippen molar-refractivity contribution in [3.63, 3.8) is 0 Å². The number of hydrogen-bond donors (Lipinski definition) is 3. The van der Waals surface area contributed by atoms with Crippen LogP contribution >= 0.6 is 0 Å². The summed E-state index contributed by atoms with van der Waals surface area (Å²) in [7, 11) is 0. The minimum Gasteiger partial charge on any atom is -0.478 e. The van der Waals surface area contributed by atoms with Crippen LogP contribution in [0.4, 0.5) is 10.5 Å². The summed E-state index contributed by atoms with van der Waals surface area (Å²) in [6, 6.07) is 1.60. The van der Waals surface area contributed by atoms with Crippen molar-refractivity contribution in [3.05, 3.63) is 24.0 Å². The van der Waals surface area contributed by atoms with E-state index in [1.807, 2.05) is 0 Å². The molecule has 116 valence electrons. The predicted molar refractivity (Wildman–Crippen MR) is 78.5 cm³/mol. The molecule has 0 bridgehead atoms. The normalized spacial score (nSPS) is 10.8. The summed E-state index contributed by atoms with van der Waals surface area (Å²) in [5.41, 5.74) is 0.114. The molecule has 0 radical (unpaired) electrons. The molecule has 21 heavy (non-hydrogen) atoms. The maximum Gasteiger partial charge on any atom is 0.407 e. The first-order chi connectivity index (χ1) is 9.79. The van der Waals surface area contributed by atoms with Crippen LogP contribution in [0.5, 0.6) is 0 Å². The van der Waals surface area contributed by atoms with Gasteiger partial charge in [-0.25, -0.2) is 9.59 Å². The zero-order valence-electron chi connectivity index (χ0n) is 12.5. The van der Waals surface area contributed by atoms with E-state index in [-0.39, 0.29) is 5.56 Å². The van der Waals surface area contributed by atoms with Crippen molar-refractivity contribution in [3.8, 4) is 0 Å². The first-order valence-corrected chi connectivity index (χ1v) is 6.67. The van der Waals surface area contributed by atoms with Crippen LogP contribution in [0.1, 0.15) is 37.6 Å². The summed E-state index contributed by atoms with van der Waals surface area (Å²) in [6.45, 7) is 6.36. The molecule has 0 spiro atoms. The number of hydrogen-bond acceptors (Lipinski definition) is 5. The second kappa shape index (κ2) is 7.47. The Hall–Kier alpha value is -2.31. The number of carbonyl (C=O) groups excluding carboxylic acids is 1. The minimum atomic E-state index is -1.03. The summed E-state index contributed by atoms with van der Waals surface area (Å²) >= 11 is 0. The fourth-order valence-corrected chi connectivity index (χ4v) is 1.54. The predicted octanol–water partition coefficient (Wildman–Crippen LogP) is 2.11. The summed E-state index contributed by atoms with van der Waals surface area (Å²) in [5, 5.41) is 14.6. The molecule has 0 aromatic carbocycles. The molecule has 3 N–H and O–H groups in total. The molecule has 7 nitrogen and oxygen atoms in total. The molecule has 1 heterocycles. The molecular formula is C14H21N3O4. The standard InChI is InChI=1S/C14H21N3O4/c1-14(2,3)21-13(20)17-7-4-6-16-11-5-8-15-9-10(11)12(18)19/h5,8-9H,4,6-7H2,1-3H3,(H,15,16)(H,17,20)(H,18,19). The molecule has 0 atom stereocenters. The van der Waals surface area contributed by atoms with Gasteiger partial charge in [0.05, 0.1) is 5.69 Å². The molecule has 0 aliphatic rings. The zero-order chi connectivity index (χ0) is 15.9. The van der Waals surface area contributed by atoms with Gasteiger partial charge in [-0.3, -0.25) is 4.98 Å². The van der Waals surface area contributed by atoms with Crippen LogP contribution in [0, 0.1) is 0 Å². The number of carbonyl (C=O) groups is 2. The van der Waals surface area contributed by atoms with Crippen molar-refractivity contribution < 1.29 is 19.4 Å². The number of carboxylic acid groups (broad SMARTS) is 1. The third-order valence-electron chi connectivity index (χ3n) is 2.39. The van der Waals surface area contributed by atoms with Crippen molar-refractivity contribution in [1.29, 1.82) is 0 Å². The molecular weight excluding hydrogens is 274 g/mol. The number of aromatic carboxylic acids is 1. The third kappa shape index (κ3) is 6.60. The van der Waals surface area contributed by atoms with Gasteiger partial charge in [0.2, 0.25) is 0 Å². The van der Waals surface area contributed by atoms with Gasteiger partial charge in [-0.1, -0.05) is 0 Å². The van der Waals surface area contributed by atoms with E-state index < -0.39 is 17.7 Å². The average Bonchev–Trinajstić information content (AvgIpc) is 2.36. The third-order valence-corrected chi connectivity index (χ3v) is 2.39. The molecule has 0 aliphatic carbocycles. The number of rotatable bonds is 6. The van der Waals surface area contributed by atoms with E-state index in [1.165, 1.54) is 12.4 Å². The average molecular weight is 295 g/mol. The van der Waals surface area contributed by atoms with Crippen LogP contribution in [0.2, 0.25) is 0 Å². The minimum absolute atomic E-state index is 0.123. The molecule has 1 rings (SSSR count). The summed E-state index contributed by atoms with van der Waals surface area (Å²) in [6.07, 6.45) is 3.00. The van der Waals surface area contributed by atoms with E-state index in [2.05, 4.69) is 15.6 Å². The molecule has 7 heteroatoms. The number of pyridine rings is 1. The Morgan fingerprint density at radius 3 is 2.67 bits per heavy atom.